The molecule has 0 aliphatic rings. The summed E-state index contributed by atoms with van der Waals surface area (Å²) in [6.07, 6.45) is -0.668. The molecule has 2 rings (SSSR count). The van der Waals surface area contributed by atoms with Gasteiger partial charge in [-0.1, -0.05) is 35.5 Å². The molecular formula is C14H15N3O4. The molecule has 2 N–H and O–H groups in total. The fourth-order valence-corrected chi connectivity index (χ4v) is 1.58. The van der Waals surface area contributed by atoms with Crippen molar-refractivity contribution in [2.75, 3.05) is 0 Å². The van der Waals surface area contributed by atoms with E-state index in [0.717, 1.165) is 5.56 Å². The van der Waals surface area contributed by atoms with E-state index in [9.17, 15) is 9.59 Å². The number of carbonyl (C=O) groups is 2. The molecule has 0 saturated carbocycles. The van der Waals surface area contributed by atoms with Crippen molar-refractivity contribution in [3.63, 3.8) is 0 Å². The summed E-state index contributed by atoms with van der Waals surface area (Å²) in [5.74, 6) is -0.435. The number of amides is 1. The summed E-state index contributed by atoms with van der Waals surface area (Å²) in [6.45, 7) is 1.42. The van der Waals surface area contributed by atoms with E-state index in [1.54, 1.807) is 0 Å². The van der Waals surface area contributed by atoms with Crippen molar-refractivity contribution in [2.24, 2.45) is 5.73 Å². The highest BCUT2D eigenvalue weighted by Crippen LogP contribution is 2.15. The molecule has 0 bridgehead atoms. The summed E-state index contributed by atoms with van der Waals surface area (Å²) in [5.41, 5.74) is 5.83. The monoisotopic (exact) mass is 289 g/mol. The Morgan fingerprint density at radius 3 is 2.71 bits per heavy atom. The predicted molar refractivity (Wildman–Crippen MR) is 72.8 cm³/mol. The molecule has 1 heterocycles. The normalized spacial score (nSPS) is 11.9. The van der Waals surface area contributed by atoms with Gasteiger partial charge < -0.3 is 15.0 Å². The van der Waals surface area contributed by atoms with Gasteiger partial charge in [0.1, 0.15) is 0 Å². The van der Waals surface area contributed by atoms with E-state index in [2.05, 4.69) is 10.1 Å². The van der Waals surface area contributed by atoms with Gasteiger partial charge in [0, 0.05) is 12.0 Å². The van der Waals surface area contributed by atoms with Crippen molar-refractivity contribution in [2.45, 2.75) is 25.9 Å². The second-order valence-electron chi connectivity index (χ2n) is 4.41. The lowest BCUT2D eigenvalue weighted by molar-refractivity contribution is -0.153. The number of hydrogen-bond donors (Lipinski definition) is 1. The zero-order chi connectivity index (χ0) is 15.2. The Balaban J connectivity index is 1.89. The Morgan fingerprint density at radius 2 is 2.05 bits per heavy atom. The van der Waals surface area contributed by atoms with Crippen molar-refractivity contribution in [1.82, 2.24) is 10.1 Å². The minimum Gasteiger partial charge on any atom is -0.453 e. The summed E-state index contributed by atoms with van der Waals surface area (Å²) in [5, 5.41) is 3.84. The highest BCUT2D eigenvalue weighted by Gasteiger charge is 2.16. The summed E-state index contributed by atoms with van der Waals surface area (Å²) in [4.78, 5) is 26.5. The first kappa shape index (κ1) is 14.7. The first-order chi connectivity index (χ1) is 10.1. The molecule has 2 aromatic rings. The molecule has 1 amide bonds. The zero-order valence-corrected chi connectivity index (χ0v) is 11.5. The molecule has 0 fully saturated rings. The van der Waals surface area contributed by atoms with Crippen LogP contribution in [0.5, 0.6) is 0 Å². The quantitative estimate of drug-likeness (QED) is 0.797. The first-order valence-electron chi connectivity index (χ1n) is 6.43. The van der Waals surface area contributed by atoms with E-state index in [0.29, 0.717) is 11.7 Å². The number of primary amides is 1. The molecule has 1 aromatic carbocycles. The SMILES string of the molecule is C[C@H](OC(=O)CCc1nc(-c2ccccc2)no1)C(N)=O. The number of nitrogens with zero attached hydrogens (tertiary/aromatic N) is 2. The fourth-order valence-electron chi connectivity index (χ4n) is 1.58. The van der Waals surface area contributed by atoms with E-state index in [1.807, 2.05) is 30.3 Å². The molecule has 110 valence electrons. The summed E-state index contributed by atoms with van der Waals surface area (Å²) < 4.78 is 9.88. The molecule has 1 aromatic heterocycles. The number of carbonyl (C=O) groups excluding carboxylic acids is 2. The van der Waals surface area contributed by atoms with Crippen LogP contribution in [-0.2, 0) is 20.7 Å². The number of rotatable bonds is 6. The number of hydrogen-bond acceptors (Lipinski definition) is 6. The van der Waals surface area contributed by atoms with Crippen LogP contribution in [0.25, 0.3) is 11.4 Å². The van der Waals surface area contributed by atoms with Crippen LogP contribution in [0.4, 0.5) is 0 Å². The Hall–Kier alpha value is -2.70. The van der Waals surface area contributed by atoms with Gasteiger partial charge in [0.2, 0.25) is 11.7 Å². The second-order valence-corrected chi connectivity index (χ2v) is 4.41. The number of aromatic nitrogens is 2. The van der Waals surface area contributed by atoms with Crippen LogP contribution in [0.2, 0.25) is 0 Å². The largest absolute Gasteiger partial charge is 0.453 e. The average Bonchev–Trinajstić information content (AvgIpc) is 2.95. The van der Waals surface area contributed by atoms with Gasteiger partial charge in [-0.25, -0.2) is 0 Å². The first-order valence-corrected chi connectivity index (χ1v) is 6.43. The maximum absolute atomic E-state index is 11.5. The molecule has 7 nitrogen and oxygen atoms in total. The van der Waals surface area contributed by atoms with Crippen molar-refractivity contribution in [3.8, 4) is 11.4 Å². The molecule has 0 aliphatic carbocycles. The van der Waals surface area contributed by atoms with Crippen molar-refractivity contribution in [3.05, 3.63) is 36.2 Å². The van der Waals surface area contributed by atoms with Gasteiger partial charge in [0.25, 0.3) is 5.91 Å². The van der Waals surface area contributed by atoms with E-state index < -0.39 is 18.0 Å². The number of benzene rings is 1. The van der Waals surface area contributed by atoms with Crippen LogP contribution in [0.15, 0.2) is 34.9 Å². The predicted octanol–water partition coefficient (Wildman–Crippen LogP) is 1.09. The third kappa shape index (κ3) is 4.13. The molecule has 7 heteroatoms. The van der Waals surface area contributed by atoms with Crippen molar-refractivity contribution in [1.29, 1.82) is 0 Å². The average molecular weight is 289 g/mol. The van der Waals surface area contributed by atoms with Gasteiger partial charge in [-0.05, 0) is 6.92 Å². The zero-order valence-electron chi connectivity index (χ0n) is 11.5. The van der Waals surface area contributed by atoms with E-state index in [-0.39, 0.29) is 12.8 Å². The van der Waals surface area contributed by atoms with Gasteiger partial charge in [-0.15, -0.1) is 0 Å². The lowest BCUT2D eigenvalue weighted by Gasteiger charge is -2.08. The maximum atomic E-state index is 11.5. The highest BCUT2D eigenvalue weighted by atomic mass is 16.5. The van der Waals surface area contributed by atoms with Gasteiger partial charge in [-0.3, -0.25) is 9.59 Å². The molecule has 0 spiro atoms. The number of ether oxygens (including phenoxy) is 1. The molecule has 0 aliphatic heterocycles. The minimum atomic E-state index is -0.944. The number of aryl methyl sites for hydroxylation is 1. The third-order valence-corrected chi connectivity index (χ3v) is 2.75. The smallest absolute Gasteiger partial charge is 0.307 e. The van der Waals surface area contributed by atoms with Crippen molar-refractivity contribution < 1.29 is 18.8 Å². The standard InChI is InChI=1S/C14H15N3O4/c1-9(13(15)19)20-12(18)8-7-11-16-14(17-21-11)10-5-3-2-4-6-10/h2-6,9H,7-8H2,1H3,(H2,15,19)/t9-/m0/s1. The Morgan fingerprint density at radius 1 is 1.33 bits per heavy atom. The Kier molecular flexibility index (Phi) is 4.65. The van der Waals surface area contributed by atoms with Crippen LogP contribution >= 0.6 is 0 Å². The van der Waals surface area contributed by atoms with Crippen LogP contribution in [0.1, 0.15) is 19.2 Å². The molecule has 21 heavy (non-hydrogen) atoms. The van der Waals surface area contributed by atoms with E-state index in [4.69, 9.17) is 15.0 Å². The topological polar surface area (TPSA) is 108 Å². The number of nitrogens with two attached hydrogens (primary N) is 1. The highest BCUT2D eigenvalue weighted by molar-refractivity contribution is 5.81. The lowest BCUT2D eigenvalue weighted by Crippen LogP contribution is -2.30. The summed E-state index contributed by atoms with van der Waals surface area (Å²) in [6, 6.07) is 9.34. The van der Waals surface area contributed by atoms with Crippen molar-refractivity contribution >= 4 is 11.9 Å². The Bertz CT molecular complexity index is 624. The maximum Gasteiger partial charge on any atom is 0.307 e. The fraction of sp³-hybridized carbons (Fsp3) is 0.286. The second kappa shape index (κ2) is 6.65. The van der Waals surface area contributed by atoms with E-state index in [1.165, 1.54) is 6.92 Å². The third-order valence-electron chi connectivity index (χ3n) is 2.75. The van der Waals surface area contributed by atoms with Gasteiger partial charge in [0.15, 0.2) is 6.10 Å². The minimum absolute atomic E-state index is 0.0358. The summed E-state index contributed by atoms with van der Waals surface area (Å²) in [7, 11) is 0. The van der Waals surface area contributed by atoms with E-state index >= 15 is 0 Å². The van der Waals surface area contributed by atoms with Gasteiger partial charge in [0.05, 0.1) is 6.42 Å². The van der Waals surface area contributed by atoms with Gasteiger partial charge >= 0.3 is 5.97 Å². The molecule has 1 atom stereocenters. The van der Waals surface area contributed by atoms with Gasteiger partial charge in [-0.2, -0.15) is 4.98 Å². The number of esters is 1. The van der Waals surface area contributed by atoms with Crippen LogP contribution < -0.4 is 5.73 Å². The van der Waals surface area contributed by atoms with Crippen LogP contribution in [0.3, 0.4) is 0 Å². The summed E-state index contributed by atoms with van der Waals surface area (Å²) >= 11 is 0. The molecular weight excluding hydrogens is 274 g/mol. The molecule has 0 radical (unpaired) electrons. The van der Waals surface area contributed by atoms with Crippen LogP contribution in [-0.4, -0.2) is 28.1 Å². The molecule has 0 saturated heterocycles. The lowest BCUT2D eigenvalue weighted by atomic mass is 10.2. The van der Waals surface area contributed by atoms with Crippen LogP contribution in [0, 0.1) is 0 Å². The Labute approximate surface area is 121 Å². The molecule has 0 unspecified atom stereocenters.